The zero-order valence-electron chi connectivity index (χ0n) is 12.9. The normalized spacial score (nSPS) is 12.1. The highest BCUT2D eigenvalue weighted by molar-refractivity contribution is 5.12. The average molecular weight is 247 g/mol. The fraction of sp³-hybridized carbons (Fsp3) is 0.667. The van der Waals surface area contributed by atoms with Gasteiger partial charge in [0.15, 0.2) is 0 Å². The van der Waals surface area contributed by atoms with Gasteiger partial charge in [-0.05, 0) is 45.6 Å². The van der Waals surface area contributed by atoms with E-state index >= 15 is 0 Å². The van der Waals surface area contributed by atoms with E-state index in [0.717, 1.165) is 6.42 Å². The molecular weight excluding hydrogens is 216 g/mol. The first-order valence-electron chi connectivity index (χ1n) is 7.60. The molecule has 0 unspecified atom stereocenters. The van der Waals surface area contributed by atoms with Crippen LogP contribution in [0.2, 0.25) is 0 Å². The van der Waals surface area contributed by atoms with E-state index in [9.17, 15) is 0 Å². The third-order valence-corrected chi connectivity index (χ3v) is 2.95. The fourth-order valence-corrected chi connectivity index (χ4v) is 1.75. The Kier molecular flexibility index (Phi) is 12.1. The van der Waals surface area contributed by atoms with Crippen molar-refractivity contribution in [3.8, 4) is 0 Å². The zero-order chi connectivity index (χ0) is 13.6. The molecule has 0 aromatic heterocycles. The summed E-state index contributed by atoms with van der Waals surface area (Å²) in [6.07, 6.45) is 20.2. The molecule has 0 aliphatic carbocycles. The summed E-state index contributed by atoms with van der Waals surface area (Å²) in [6, 6.07) is 0. The zero-order valence-corrected chi connectivity index (χ0v) is 12.9. The van der Waals surface area contributed by atoms with Crippen molar-refractivity contribution in [1.29, 1.82) is 0 Å². The van der Waals surface area contributed by atoms with Gasteiger partial charge in [-0.2, -0.15) is 0 Å². The van der Waals surface area contributed by atoms with Crippen molar-refractivity contribution in [3.05, 3.63) is 35.5 Å². The van der Waals surface area contributed by atoms with Gasteiger partial charge in [-0.15, -0.1) is 0 Å². The second kappa shape index (κ2) is 12.7. The van der Waals surface area contributed by atoms with E-state index in [0.29, 0.717) is 0 Å². The molecule has 0 bridgehead atoms. The van der Waals surface area contributed by atoms with Crippen LogP contribution in [-0.2, 0) is 0 Å². The molecule has 0 fully saturated rings. The predicted octanol–water partition coefficient (Wildman–Crippen LogP) is 6.40. The molecule has 0 saturated carbocycles. The number of hydrogen-bond acceptors (Lipinski definition) is 0. The summed E-state index contributed by atoms with van der Waals surface area (Å²) in [6.45, 7) is 8.81. The van der Waals surface area contributed by atoms with Gasteiger partial charge in [0.05, 0.1) is 0 Å². The lowest BCUT2D eigenvalue weighted by Gasteiger charge is -2.04. The molecule has 0 saturated heterocycles. The van der Waals surface area contributed by atoms with Crippen molar-refractivity contribution in [2.75, 3.05) is 0 Å². The first-order chi connectivity index (χ1) is 8.70. The maximum Gasteiger partial charge on any atom is -0.0127 e. The summed E-state index contributed by atoms with van der Waals surface area (Å²) in [5.74, 6) is 0. The van der Waals surface area contributed by atoms with Crippen molar-refractivity contribution in [3.63, 3.8) is 0 Å². The van der Waals surface area contributed by atoms with Crippen LogP contribution < -0.4 is 0 Å². The summed E-state index contributed by atoms with van der Waals surface area (Å²) in [5, 5.41) is 0. The smallest absolute Gasteiger partial charge is 0.0127 e. The molecule has 0 heteroatoms. The topological polar surface area (TPSA) is 0 Å². The van der Waals surface area contributed by atoms with Gasteiger partial charge in [0.2, 0.25) is 0 Å². The number of rotatable bonds is 10. The van der Waals surface area contributed by atoms with Crippen molar-refractivity contribution in [2.24, 2.45) is 0 Å². The van der Waals surface area contributed by atoms with Crippen LogP contribution in [0.3, 0.4) is 0 Å². The van der Waals surface area contributed by atoms with Crippen molar-refractivity contribution >= 4 is 0 Å². The molecule has 0 aliphatic heterocycles. The maximum atomic E-state index is 3.48. The van der Waals surface area contributed by atoms with Crippen LogP contribution in [-0.4, -0.2) is 0 Å². The minimum atomic E-state index is 1.07. The van der Waals surface area contributed by atoms with Crippen LogP contribution in [0, 0.1) is 6.08 Å². The summed E-state index contributed by atoms with van der Waals surface area (Å²) >= 11 is 0. The van der Waals surface area contributed by atoms with Crippen molar-refractivity contribution in [2.45, 2.75) is 79.1 Å². The Bertz CT molecular complexity index is 262. The molecule has 103 valence electrons. The number of hydrogen-bond donors (Lipinski definition) is 0. The number of allylic oxidation sites excluding steroid dienone is 6. The quantitative estimate of drug-likeness (QED) is 0.238. The van der Waals surface area contributed by atoms with E-state index in [2.05, 4.69) is 52.0 Å². The second-order valence-corrected chi connectivity index (χ2v) is 5.24. The highest BCUT2D eigenvalue weighted by Gasteiger charge is 1.96. The van der Waals surface area contributed by atoms with Gasteiger partial charge < -0.3 is 0 Å². The molecule has 0 rings (SSSR count). The Morgan fingerprint density at radius 3 is 2.39 bits per heavy atom. The lowest BCUT2D eigenvalue weighted by Crippen LogP contribution is -1.85. The second-order valence-electron chi connectivity index (χ2n) is 5.24. The van der Waals surface area contributed by atoms with E-state index in [1.54, 1.807) is 0 Å². The predicted molar refractivity (Wildman–Crippen MR) is 83.6 cm³/mol. The Balaban J connectivity index is 4.19. The maximum absolute atomic E-state index is 3.48. The molecule has 0 N–H and O–H groups in total. The van der Waals surface area contributed by atoms with Gasteiger partial charge in [-0.25, -0.2) is 0 Å². The molecular formula is C18H31. The van der Waals surface area contributed by atoms with Crippen LogP contribution in [0.5, 0.6) is 0 Å². The number of unbranched alkanes of at least 4 members (excludes halogenated alkanes) is 4. The van der Waals surface area contributed by atoms with Crippen LogP contribution in [0.15, 0.2) is 29.4 Å². The highest BCUT2D eigenvalue weighted by Crippen LogP contribution is 2.15. The Labute approximate surface area is 115 Å². The van der Waals surface area contributed by atoms with Crippen LogP contribution in [0.25, 0.3) is 0 Å². The molecule has 0 nitrogen and oxygen atoms in total. The van der Waals surface area contributed by atoms with E-state index < -0.39 is 0 Å². The van der Waals surface area contributed by atoms with Gasteiger partial charge in [0, 0.05) is 0 Å². The molecule has 1 radical (unpaired) electrons. The van der Waals surface area contributed by atoms with Crippen molar-refractivity contribution in [1.82, 2.24) is 0 Å². The SMILES string of the molecule is CCCC=C/[C]=C(\CC=C(C)C)CCCCCC. The van der Waals surface area contributed by atoms with Gasteiger partial charge in [0.25, 0.3) is 0 Å². The monoisotopic (exact) mass is 247 g/mol. The first kappa shape index (κ1) is 17.2. The largest absolute Gasteiger partial charge is 0.0839 e. The van der Waals surface area contributed by atoms with E-state index in [4.69, 9.17) is 0 Å². The van der Waals surface area contributed by atoms with Crippen LogP contribution in [0.4, 0.5) is 0 Å². The van der Waals surface area contributed by atoms with Crippen molar-refractivity contribution < 1.29 is 0 Å². The van der Waals surface area contributed by atoms with E-state index in [1.807, 2.05) is 0 Å². The minimum absolute atomic E-state index is 1.07. The minimum Gasteiger partial charge on any atom is -0.0839 e. The van der Waals surface area contributed by atoms with Gasteiger partial charge >= 0.3 is 0 Å². The van der Waals surface area contributed by atoms with E-state index in [-0.39, 0.29) is 0 Å². The third kappa shape index (κ3) is 11.7. The first-order valence-corrected chi connectivity index (χ1v) is 7.60. The summed E-state index contributed by atoms with van der Waals surface area (Å²) in [4.78, 5) is 0. The summed E-state index contributed by atoms with van der Waals surface area (Å²) < 4.78 is 0. The Morgan fingerprint density at radius 1 is 1.00 bits per heavy atom. The summed E-state index contributed by atoms with van der Waals surface area (Å²) in [7, 11) is 0. The summed E-state index contributed by atoms with van der Waals surface area (Å²) in [5.41, 5.74) is 2.86. The van der Waals surface area contributed by atoms with Gasteiger partial charge in [-0.1, -0.05) is 68.9 Å². The highest BCUT2D eigenvalue weighted by atomic mass is 14.0. The Morgan fingerprint density at radius 2 is 1.78 bits per heavy atom. The molecule has 0 heterocycles. The lowest BCUT2D eigenvalue weighted by atomic mass is 10.0. The molecule has 0 spiro atoms. The van der Waals surface area contributed by atoms with Crippen LogP contribution >= 0.6 is 0 Å². The molecule has 18 heavy (non-hydrogen) atoms. The van der Waals surface area contributed by atoms with Crippen LogP contribution in [0.1, 0.15) is 79.1 Å². The molecule has 0 aromatic rings. The van der Waals surface area contributed by atoms with Gasteiger partial charge in [-0.3, -0.25) is 0 Å². The fourth-order valence-electron chi connectivity index (χ4n) is 1.75. The molecule has 0 atom stereocenters. The standard InChI is InChI=1S/C18H31/c1-5-7-9-11-13-18(16-15-17(3)4)14-12-10-8-6-2/h9,11,15H,5-8,10,12,14,16H2,1-4H3. The van der Waals surface area contributed by atoms with E-state index in [1.165, 1.54) is 56.1 Å². The molecule has 0 amide bonds. The molecule has 0 aromatic carbocycles. The lowest BCUT2D eigenvalue weighted by molar-refractivity contribution is 0.659. The Hall–Kier alpha value is -0.780. The molecule has 0 aliphatic rings. The average Bonchev–Trinajstić information content (AvgIpc) is 2.35. The third-order valence-electron chi connectivity index (χ3n) is 2.95. The van der Waals surface area contributed by atoms with Gasteiger partial charge in [0.1, 0.15) is 0 Å².